The summed E-state index contributed by atoms with van der Waals surface area (Å²) in [7, 11) is 0. The van der Waals surface area contributed by atoms with Gasteiger partial charge in [0.15, 0.2) is 0 Å². The standard InChI is InChI=1S/C61H64N2/c1-3-5-7-9-11-23-41-61(42-24-12-10-8-6-4-2)57-43-49(62-47-31-15-13-16-32-47)39-40-53(57)55-44-56(52-37-25-29-45-27-19-21-35-50(45)52)60(63-48-33-17-14-18-34-48)58(59(55)61)54-38-26-30-46-28-20-22-36-51(46)54/h13-22,25-40,43-44,62-63H,3-12,23-24,41-42H2,1-2H3. The molecule has 2 N–H and O–H groups in total. The fraction of sp³-hybridized carbons (Fsp3) is 0.279. The largest absolute Gasteiger partial charge is 0.356 e. The molecule has 0 amide bonds. The lowest BCUT2D eigenvalue weighted by molar-refractivity contribution is 0.399. The summed E-state index contributed by atoms with van der Waals surface area (Å²) in [6, 6.07) is 63.3. The minimum atomic E-state index is -0.189. The van der Waals surface area contributed by atoms with Crippen molar-refractivity contribution in [2.45, 2.75) is 109 Å². The highest BCUT2D eigenvalue weighted by Crippen LogP contribution is 2.61. The van der Waals surface area contributed by atoms with Crippen LogP contribution in [0.15, 0.2) is 170 Å². The number of benzene rings is 8. The van der Waals surface area contributed by atoms with Gasteiger partial charge in [0.2, 0.25) is 0 Å². The number of nitrogens with one attached hydrogen (secondary N) is 2. The molecular weight excluding hydrogens is 761 g/mol. The van der Waals surface area contributed by atoms with Crippen molar-refractivity contribution in [2.75, 3.05) is 10.6 Å². The number of rotatable bonds is 20. The Morgan fingerprint density at radius 3 is 1.49 bits per heavy atom. The highest BCUT2D eigenvalue weighted by atomic mass is 14.9. The third-order valence-corrected chi connectivity index (χ3v) is 13.8. The number of fused-ring (bicyclic) bond motifs is 5. The second kappa shape index (κ2) is 19.9. The molecule has 0 saturated carbocycles. The minimum Gasteiger partial charge on any atom is -0.356 e. The molecule has 0 radical (unpaired) electrons. The van der Waals surface area contributed by atoms with E-state index < -0.39 is 0 Å². The molecule has 0 atom stereocenters. The van der Waals surface area contributed by atoms with E-state index in [-0.39, 0.29) is 5.41 Å². The zero-order chi connectivity index (χ0) is 42.9. The van der Waals surface area contributed by atoms with Crippen LogP contribution in [0.3, 0.4) is 0 Å². The summed E-state index contributed by atoms with van der Waals surface area (Å²) < 4.78 is 0. The Morgan fingerprint density at radius 2 is 0.873 bits per heavy atom. The summed E-state index contributed by atoms with van der Waals surface area (Å²) in [5.74, 6) is 0. The average Bonchev–Trinajstić information content (AvgIpc) is 3.59. The van der Waals surface area contributed by atoms with Crippen molar-refractivity contribution in [2.24, 2.45) is 0 Å². The van der Waals surface area contributed by atoms with E-state index in [1.54, 1.807) is 0 Å². The Bertz CT molecular complexity index is 2740. The molecule has 0 unspecified atom stereocenters. The molecule has 1 aliphatic rings. The van der Waals surface area contributed by atoms with Crippen LogP contribution < -0.4 is 10.6 Å². The average molecular weight is 825 g/mol. The van der Waals surface area contributed by atoms with Gasteiger partial charge in [0.05, 0.1) is 5.69 Å². The van der Waals surface area contributed by atoms with Crippen molar-refractivity contribution >= 4 is 44.3 Å². The van der Waals surface area contributed by atoms with Crippen LogP contribution in [0.25, 0.3) is 54.9 Å². The quantitative estimate of drug-likeness (QED) is 0.0748. The van der Waals surface area contributed by atoms with Crippen molar-refractivity contribution in [3.8, 4) is 33.4 Å². The van der Waals surface area contributed by atoms with Gasteiger partial charge in [-0.25, -0.2) is 0 Å². The molecule has 0 aliphatic heterocycles. The molecule has 0 aromatic heterocycles. The highest BCUT2D eigenvalue weighted by molar-refractivity contribution is 6.11. The van der Waals surface area contributed by atoms with E-state index in [0.29, 0.717) is 0 Å². The third-order valence-electron chi connectivity index (χ3n) is 13.8. The molecule has 63 heavy (non-hydrogen) atoms. The van der Waals surface area contributed by atoms with E-state index in [1.807, 2.05) is 0 Å². The van der Waals surface area contributed by atoms with Gasteiger partial charge in [-0.1, -0.05) is 218 Å². The van der Waals surface area contributed by atoms with Crippen molar-refractivity contribution in [3.63, 3.8) is 0 Å². The predicted octanol–water partition coefficient (Wildman–Crippen LogP) is 18.6. The lowest BCUT2D eigenvalue weighted by Gasteiger charge is -2.36. The first-order valence-electron chi connectivity index (χ1n) is 24.2. The summed E-state index contributed by atoms with van der Waals surface area (Å²) in [5, 5.41) is 13.1. The number of hydrogen-bond acceptors (Lipinski definition) is 2. The maximum absolute atomic E-state index is 4.17. The first kappa shape index (κ1) is 42.2. The number of unbranched alkanes of at least 4 members (excludes halogenated alkanes) is 10. The Kier molecular flexibility index (Phi) is 13.4. The summed E-state index contributed by atoms with van der Waals surface area (Å²) in [6.07, 6.45) is 17.6. The van der Waals surface area contributed by atoms with Crippen molar-refractivity contribution in [1.82, 2.24) is 0 Å². The molecule has 0 heterocycles. The predicted molar refractivity (Wildman–Crippen MR) is 274 cm³/mol. The van der Waals surface area contributed by atoms with Gasteiger partial charge in [-0.3, -0.25) is 0 Å². The molecule has 8 aromatic carbocycles. The van der Waals surface area contributed by atoms with E-state index in [2.05, 4.69) is 194 Å². The first-order valence-corrected chi connectivity index (χ1v) is 24.2. The molecule has 0 fully saturated rings. The molecule has 1 aliphatic carbocycles. The summed E-state index contributed by atoms with van der Waals surface area (Å²) >= 11 is 0. The summed E-state index contributed by atoms with van der Waals surface area (Å²) in [5.41, 5.74) is 15.3. The van der Waals surface area contributed by atoms with Gasteiger partial charge in [-0.15, -0.1) is 0 Å². The van der Waals surface area contributed by atoms with Gasteiger partial charge < -0.3 is 10.6 Å². The van der Waals surface area contributed by atoms with Crippen LogP contribution >= 0.6 is 0 Å². The third kappa shape index (κ3) is 8.92. The molecule has 0 saturated heterocycles. The second-order valence-corrected chi connectivity index (χ2v) is 18.0. The monoisotopic (exact) mass is 825 g/mol. The Balaban J connectivity index is 1.36. The summed E-state index contributed by atoms with van der Waals surface area (Å²) in [4.78, 5) is 0. The SMILES string of the molecule is CCCCCCCCC1(CCCCCCCC)c2cc(Nc3ccccc3)ccc2-c2cc(-c3cccc4ccccc34)c(Nc3ccccc3)c(-c3cccc4ccccc34)c21. The van der Waals surface area contributed by atoms with Gasteiger partial charge in [-0.05, 0) is 110 Å². The van der Waals surface area contributed by atoms with Crippen LogP contribution in [0.4, 0.5) is 22.7 Å². The molecule has 9 rings (SSSR count). The highest BCUT2D eigenvalue weighted by Gasteiger charge is 2.46. The molecule has 0 spiro atoms. The maximum atomic E-state index is 4.17. The van der Waals surface area contributed by atoms with Crippen LogP contribution in [0.2, 0.25) is 0 Å². The molecular formula is C61H64N2. The summed E-state index contributed by atoms with van der Waals surface area (Å²) in [6.45, 7) is 4.65. The molecule has 2 nitrogen and oxygen atoms in total. The zero-order valence-electron chi connectivity index (χ0n) is 37.6. The van der Waals surface area contributed by atoms with Gasteiger partial charge in [0, 0.05) is 33.6 Å². The van der Waals surface area contributed by atoms with Gasteiger partial charge >= 0.3 is 0 Å². The first-order chi connectivity index (χ1) is 31.2. The smallest absolute Gasteiger partial charge is 0.0547 e. The molecule has 0 bridgehead atoms. The van der Waals surface area contributed by atoms with E-state index in [0.717, 1.165) is 29.9 Å². The van der Waals surface area contributed by atoms with E-state index in [1.165, 1.54) is 149 Å². The topological polar surface area (TPSA) is 24.1 Å². The van der Waals surface area contributed by atoms with Crippen LogP contribution in [0.1, 0.15) is 115 Å². The van der Waals surface area contributed by atoms with E-state index >= 15 is 0 Å². The molecule has 2 heteroatoms. The van der Waals surface area contributed by atoms with E-state index in [9.17, 15) is 0 Å². The fourth-order valence-corrected chi connectivity index (χ4v) is 10.7. The van der Waals surface area contributed by atoms with Crippen molar-refractivity contribution in [1.29, 1.82) is 0 Å². The van der Waals surface area contributed by atoms with E-state index in [4.69, 9.17) is 0 Å². The maximum Gasteiger partial charge on any atom is 0.0547 e. The fourth-order valence-electron chi connectivity index (χ4n) is 10.7. The van der Waals surface area contributed by atoms with Gasteiger partial charge in [0.1, 0.15) is 0 Å². The second-order valence-electron chi connectivity index (χ2n) is 18.0. The Morgan fingerprint density at radius 1 is 0.365 bits per heavy atom. The normalized spacial score (nSPS) is 12.7. The lowest BCUT2D eigenvalue weighted by atomic mass is 9.67. The van der Waals surface area contributed by atoms with Crippen molar-refractivity contribution < 1.29 is 0 Å². The van der Waals surface area contributed by atoms with Gasteiger partial charge in [0.25, 0.3) is 0 Å². The molecule has 318 valence electrons. The number of hydrogen-bond donors (Lipinski definition) is 2. The van der Waals surface area contributed by atoms with Crippen LogP contribution in [-0.2, 0) is 5.41 Å². The number of anilines is 4. The van der Waals surface area contributed by atoms with Crippen LogP contribution in [0.5, 0.6) is 0 Å². The lowest BCUT2D eigenvalue weighted by Crippen LogP contribution is -2.27. The minimum absolute atomic E-state index is 0.189. The van der Waals surface area contributed by atoms with Crippen LogP contribution in [0, 0.1) is 0 Å². The van der Waals surface area contributed by atoms with Gasteiger partial charge in [-0.2, -0.15) is 0 Å². The zero-order valence-corrected chi connectivity index (χ0v) is 37.6. The Labute approximate surface area is 376 Å². The molecule has 8 aromatic rings. The Hall–Kier alpha value is -6.12. The number of para-hydroxylation sites is 2. The van der Waals surface area contributed by atoms with Crippen LogP contribution in [-0.4, -0.2) is 0 Å². The van der Waals surface area contributed by atoms with Crippen molar-refractivity contribution in [3.05, 3.63) is 181 Å².